The van der Waals surface area contributed by atoms with Crippen molar-refractivity contribution in [3.8, 4) is 0 Å². The minimum Gasteiger partial charge on any atom is -0.453 e. The van der Waals surface area contributed by atoms with E-state index in [-0.39, 0.29) is 6.04 Å². The summed E-state index contributed by atoms with van der Waals surface area (Å²) in [6.45, 7) is 8.97. The molecule has 1 aromatic heterocycles. The van der Waals surface area contributed by atoms with E-state index in [9.17, 15) is 0 Å². The van der Waals surface area contributed by atoms with Crippen LogP contribution in [0, 0.1) is 0 Å². The van der Waals surface area contributed by atoms with Gasteiger partial charge in [-0.25, -0.2) is 0 Å². The molecule has 1 atom stereocenters. The van der Waals surface area contributed by atoms with Crippen LogP contribution in [0.4, 0.5) is 0 Å². The molecule has 0 bridgehead atoms. The Morgan fingerprint density at radius 3 is 2.67 bits per heavy atom. The molecule has 2 rings (SSSR count). The van der Waals surface area contributed by atoms with Crippen molar-refractivity contribution in [2.75, 3.05) is 46.3 Å². The smallest absolute Gasteiger partial charge is 0.169 e. The Hall–Kier alpha value is -0.360. The summed E-state index contributed by atoms with van der Waals surface area (Å²) in [4.78, 5) is 4.89. The largest absolute Gasteiger partial charge is 0.453 e. The second-order valence-electron chi connectivity index (χ2n) is 4.96. The molecule has 1 N–H and O–H groups in total. The van der Waals surface area contributed by atoms with Gasteiger partial charge < -0.3 is 14.6 Å². The van der Waals surface area contributed by atoms with Crippen LogP contribution < -0.4 is 5.32 Å². The first-order chi connectivity index (χ1) is 8.65. The van der Waals surface area contributed by atoms with Crippen LogP contribution in [0.15, 0.2) is 21.2 Å². The topological polar surface area (TPSA) is 31.6 Å². The minimum absolute atomic E-state index is 0.267. The number of nitrogens with zero attached hydrogens (tertiary/aromatic N) is 2. The zero-order valence-corrected chi connectivity index (χ0v) is 12.7. The van der Waals surface area contributed by atoms with Crippen LogP contribution in [0.2, 0.25) is 0 Å². The van der Waals surface area contributed by atoms with Gasteiger partial charge in [0.25, 0.3) is 0 Å². The molecule has 1 aliphatic heterocycles. The van der Waals surface area contributed by atoms with E-state index >= 15 is 0 Å². The molecule has 0 radical (unpaired) electrons. The molecule has 5 heteroatoms. The van der Waals surface area contributed by atoms with Crippen LogP contribution in [0.5, 0.6) is 0 Å². The van der Waals surface area contributed by atoms with Crippen molar-refractivity contribution in [1.29, 1.82) is 0 Å². The summed E-state index contributed by atoms with van der Waals surface area (Å²) >= 11 is 3.33. The molecule has 0 aromatic carbocycles. The Morgan fingerprint density at radius 2 is 2.06 bits per heavy atom. The summed E-state index contributed by atoms with van der Waals surface area (Å²) < 4.78 is 6.33. The van der Waals surface area contributed by atoms with Gasteiger partial charge >= 0.3 is 0 Å². The Morgan fingerprint density at radius 1 is 1.33 bits per heavy atom. The first-order valence-electron chi connectivity index (χ1n) is 6.54. The molecule has 1 aliphatic rings. The van der Waals surface area contributed by atoms with Gasteiger partial charge in [-0.1, -0.05) is 0 Å². The van der Waals surface area contributed by atoms with Crippen molar-refractivity contribution in [2.24, 2.45) is 0 Å². The molecule has 1 fully saturated rings. The molecule has 0 amide bonds. The summed E-state index contributed by atoms with van der Waals surface area (Å²) in [6, 6.07) is 4.22. The van der Waals surface area contributed by atoms with Gasteiger partial charge in [0.1, 0.15) is 5.76 Å². The van der Waals surface area contributed by atoms with E-state index in [0.717, 1.165) is 23.5 Å². The van der Waals surface area contributed by atoms with Crippen LogP contribution in [0.3, 0.4) is 0 Å². The van der Waals surface area contributed by atoms with Crippen LogP contribution in [-0.4, -0.2) is 56.1 Å². The molecule has 2 heterocycles. The number of rotatable bonds is 5. The highest BCUT2D eigenvalue weighted by Crippen LogP contribution is 2.19. The standard InChI is InChI=1S/C13H22BrN3O/c1-11(12-3-4-13(14)18-12)15-5-6-17-9-7-16(2)8-10-17/h3-4,11,15H,5-10H2,1-2H3. The fraction of sp³-hybridized carbons (Fsp3) is 0.692. The number of hydrogen-bond acceptors (Lipinski definition) is 4. The quantitative estimate of drug-likeness (QED) is 0.900. The van der Waals surface area contributed by atoms with E-state index in [1.165, 1.54) is 26.2 Å². The molecule has 1 aromatic rings. The van der Waals surface area contributed by atoms with Crippen LogP contribution >= 0.6 is 15.9 Å². The molecule has 4 nitrogen and oxygen atoms in total. The first kappa shape index (κ1) is 14.1. The van der Waals surface area contributed by atoms with Crippen LogP contribution in [-0.2, 0) is 0 Å². The number of halogens is 1. The summed E-state index contributed by atoms with van der Waals surface area (Å²) in [5.74, 6) is 0.986. The van der Waals surface area contributed by atoms with Gasteiger partial charge in [-0.05, 0) is 42.0 Å². The number of hydrogen-bond donors (Lipinski definition) is 1. The summed E-state index contributed by atoms with van der Waals surface area (Å²) in [5.41, 5.74) is 0. The van der Waals surface area contributed by atoms with Gasteiger partial charge in [0, 0.05) is 39.3 Å². The lowest BCUT2D eigenvalue weighted by molar-refractivity contribution is 0.153. The average molecular weight is 316 g/mol. The zero-order valence-electron chi connectivity index (χ0n) is 11.2. The Labute approximate surface area is 117 Å². The second-order valence-corrected chi connectivity index (χ2v) is 5.74. The maximum atomic E-state index is 5.54. The van der Waals surface area contributed by atoms with E-state index in [2.05, 4.69) is 45.0 Å². The molecule has 0 spiro atoms. The third-order valence-corrected chi connectivity index (χ3v) is 3.92. The average Bonchev–Trinajstić information content (AvgIpc) is 2.78. The van der Waals surface area contributed by atoms with Crippen molar-refractivity contribution >= 4 is 15.9 Å². The number of furan rings is 1. The maximum Gasteiger partial charge on any atom is 0.169 e. The number of piperazine rings is 1. The van der Waals surface area contributed by atoms with Gasteiger partial charge in [0.05, 0.1) is 6.04 Å². The Kier molecular flexibility index (Phi) is 5.24. The lowest BCUT2D eigenvalue weighted by Gasteiger charge is -2.32. The monoisotopic (exact) mass is 315 g/mol. The zero-order chi connectivity index (χ0) is 13.0. The van der Waals surface area contributed by atoms with Crippen molar-refractivity contribution < 1.29 is 4.42 Å². The fourth-order valence-corrected chi connectivity index (χ4v) is 2.49. The molecule has 1 unspecified atom stereocenters. The highest BCUT2D eigenvalue weighted by molar-refractivity contribution is 9.10. The van der Waals surface area contributed by atoms with Crippen LogP contribution in [0.25, 0.3) is 0 Å². The normalized spacial score (nSPS) is 20.2. The first-order valence-corrected chi connectivity index (χ1v) is 7.34. The van der Waals surface area contributed by atoms with E-state index in [4.69, 9.17) is 4.42 Å². The summed E-state index contributed by atoms with van der Waals surface area (Å²) in [6.07, 6.45) is 0. The molecule has 102 valence electrons. The highest BCUT2D eigenvalue weighted by Gasteiger charge is 2.14. The van der Waals surface area contributed by atoms with Crippen molar-refractivity contribution in [1.82, 2.24) is 15.1 Å². The lowest BCUT2D eigenvalue weighted by atomic mass is 10.2. The van der Waals surface area contributed by atoms with Gasteiger partial charge in [-0.3, -0.25) is 4.90 Å². The van der Waals surface area contributed by atoms with Gasteiger partial charge in [0.2, 0.25) is 0 Å². The van der Waals surface area contributed by atoms with E-state index in [0.29, 0.717) is 0 Å². The predicted octanol–water partition coefficient (Wildman–Crippen LogP) is 1.94. The number of nitrogens with one attached hydrogen (secondary N) is 1. The van der Waals surface area contributed by atoms with Gasteiger partial charge in [0.15, 0.2) is 4.67 Å². The lowest BCUT2D eigenvalue weighted by Crippen LogP contribution is -2.46. The van der Waals surface area contributed by atoms with Crippen molar-refractivity contribution in [2.45, 2.75) is 13.0 Å². The minimum atomic E-state index is 0.267. The molecular formula is C13H22BrN3O. The maximum absolute atomic E-state index is 5.54. The third kappa shape index (κ3) is 4.09. The summed E-state index contributed by atoms with van der Waals surface area (Å²) in [5, 5.41) is 3.50. The van der Waals surface area contributed by atoms with Crippen molar-refractivity contribution in [3.63, 3.8) is 0 Å². The van der Waals surface area contributed by atoms with Gasteiger partial charge in [-0.15, -0.1) is 0 Å². The van der Waals surface area contributed by atoms with Crippen LogP contribution in [0.1, 0.15) is 18.7 Å². The van der Waals surface area contributed by atoms with Gasteiger partial charge in [-0.2, -0.15) is 0 Å². The molecule has 18 heavy (non-hydrogen) atoms. The van der Waals surface area contributed by atoms with Crippen molar-refractivity contribution in [3.05, 3.63) is 22.6 Å². The van der Waals surface area contributed by atoms with E-state index in [1.807, 2.05) is 12.1 Å². The molecule has 0 aliphatic carbocycles. The predicted molar refractivity (Wildman–Crippen MR) is 76.8 cm³/mol. The third-order valence-electron chi connectivity index (χ3n) is 3.50. The fourth-order valence-electron chi connectivity index (χ4n) is 2.17. The molecule has 0 saturated carbocycles. The highest BCUT2D eigenvalue weighted by atomic mass is 79.9. The second kappa shape index (κ2) is 6.70. The Bertz CT molecular complexity index is 361. The Balaban J connectivity index is 1.66. The van der Waals surface area contributed by atoms with E-state index < -0.39 is 0 Å². The molecular weight excluding hydrogens is 294 g/mol. The molecule has 1 saturated heterocycles. The SMILES string of the molecule is CC(NCCN1CCN(C)CC1)c1ccc(Br)o1. The van der Waals surface area contributed by atoms with E-state index in [1.54, 1.807) is 0 Å². The summed E-state index contributed by atoms with van der Waals surface area (Å²) in [7, 11) is 2.19. The number of likely N-dealkylation sites (N-methyl/N-ethyl adjacent to an activating group) is 1.